The zero-order valence-corrected chi connectivity index (χ0v) is 17.7. The first-order valence-electron chi connectivity index (χ1n) is 9.90. The van der Waals surface area contributed by atoms with E-state index < -0.39 is 5.91 Å². The SMILES string of the molecule is CCCn1c(=O)n(CCC(=O)Nc2nc(-c3c[nH]c(C(N)=O)c3)cs2)c2ccccc21. The van der Waals surface area contributed by atoms with Crippen LogP contribution in [0.15, 0.2) is 46.7 Å². The Bertz CT molecular complexity index is 1310. The number of primary amides is 1. The first-order valence-corrected chi connectivity index (χ1v) is 10.8. The molecule has 4 aromatic rings. The smallest absolute Gasteiger partial charge is 0.329 e. The number of para-hydroxylation sites is 2. The second-order valence-electron chi connectivity index (χ2n) is 7.08. The van der Waals surface area contributed by atoms with Gasteiger partial charge in [0, 0.05) is 36.7 Å². The van der Waals surface area contributed by atoms with E-state index in [1.165, 1.54) is 11.3 Å². The lowest BCUT2D eigenvalue weighted by Gasteiger charge is -2.04. The van der Waals surface area contributed by atoms with Crippen LogP contribution in [0.3, 0.4) is 0 Å². The van der Waals surface area contributed by atoms with Gasteiger partial charge in [-0.25, -0.2) is 9.78 Å². The van der Waals surface area contributed by atoms with Crippen LogP contribution in [0.5, 0.6) is 0 Å². The number of thiazole rings is 1. The van der Waals surface area contributed by atoms with E-state index in [0.29, 0.717) is 28.6 Å². The third-order valence-corrected chi connectivity index (χ3v) is 5.69. The second kappa shape index (κ2) is 8.60. The minimum absolute atomic E-state index is 0.106. The molecule has 31 heavy (non-hydrogen) atoms. The number of anilines is 1. The molecule has 0 bridgehead atoms. The zero-order valence-electron chi connectivity index (χ0n) is 16.9. The van der Waals surface area contributed by atoms with E-state index >= 15 is 0 Å². The molecule has 0 aliphatic heterocycles. The number of aromatic nitrogens is 4. The summed E-state index contributed by atoms with van der Waals surface area (Å²) in [6.45, 7) is 2.94. The normalized spacial score (nSPS) is 11.1. The lowest BCUT2D eigenvalue weighted by atomic mass is 10.2. The highest BCUT2D eigenvalue weighted by molar-refractivity contribution is 7.14. The van der Waals surface area contributed by atoms with Crippen LogP contribution in [0.25, 0.3) is 22.3 Å². The van der Waals surface area contributed by atoms with Crippen LogP contribution in [-0.4, -0.2) is 30.9 Å². The number of aryl methyl sites for hydroxylation is 2. The number of carbonyl (C=O) groups excluding carboxylic acids is 2. The Hall–Kier alpha value is -3.66. The Kier molecular flexibility index (Phi) is 5.72. The number of H-pyrrole nitrogens is 1. The van der Waals surface area contributed by atoms with Crippen molar-refractivity contribution in [3.63, 3.8) is 0 Å². The van der Waals surface area contributed by atoms with Crippen LogP contribution < -0.4 is 16.7 Å². The van der Waals surface area contributed by atoms with E-state index in [0.717, 1.165) is 17.5 Å². The number of nitrogens with two attached hydrogens (primary N) is 1. The number of imidazole rings is 1. The number of hydrogen-bond donors (Lipinski definition) is 3. The van der Waals surface area contributed by atoms with Crippen molar-refractivity contribution in [2.45, 2.75) is 32.9 Å². The standard InChI is InChI=1S/C21H22N6O3S/c1-2-8-26-16-5-3-4-6-17(16)27(21(26)30)9-7-18(28)25-20-24-15(12-31-20)13-10-14(19(22)29)23-11-13/h3-6,10-12,23H,2,7-9H2,1H3,(H2,22,29)(H,24,25,28). The molecular weight excluding hydrogens is 416 g/mol. The van der Waals surface area contributed by atoms with E-state index in [2.05, 4.69) is 15.3 Å². The first kappa shape index (κ1) is 20.6. The van der Waals surface area contributed by atoms with Gasteiger partial charge in [0.2, 0.25) is 5.91 Å². The van der Waals surface area contributed by atoms with Crippen LogP contribution in [0, 0.1) is 0 Å². The van der Waals surface area contributed by atoms with Crippen molar-refractivity contribution in [2.24, 2.45) is 5.73 Å². The lowest BCUT2D eigenvalue weighted by Crippen LogP contribution is -2.26. The molecule has 0 fully saturated rings. The third-order valence-electron chi connectivity index (χ3n) is 4.93. The van der Waals surface area contributed by atoms with Crippen molar-refractivity contribution in [1.29, 1.82) is 0 Å². The topological polar surface area (TPSA) is 128 Å². The number of nitrogens with one attached hydrogen (secondary N) is 2. The van der Waals surface area contributed by atoms with E-state index in [1.54, 1.807) is 26.8 Å². The average Bonchev–Trinajstić information content (AvgIpc) is 3.46. The number of carbonyl (C=O) groups is 2. The highest BCUT2D eigenvalue weighted by atomic mass is 32.1. The monoisotopic (exact) mass is 438 g/mol. The molecule has 160 valence electrons. The number of amides is 2. The Morgan fingerprint density at radius 1 is 1.19 bits per heavy atom. The Labute approximate surface area is 181 Å². The molecule has 0 saturated carbocycles. The summed E-state index contributed by atoms with van der Waals surface area (Å²) in [5, 5.41) is 5.01. The van der Waals surface area contributed by atoms with Crippen molar-refractivity contribution >= 4 is 39.3 Å². The number of aromatic amines is 1. The highest BCUT2D eigenvalue weighted by Crippen LogP contribution is 2.25. The Morgan fingerprint density at radius 3 is 2.55 bits per heavy atom. The van der Waals surface area contributed by atoms with Crippen molar-refractivity contribution in [3.05, 3.63) is 58.1 Å². The first-order chi connectivity index (χ1) is 15.0. The maximum Gasteiger partial charge on any atom is 0.329 e. The van der Waals surface area contributed by atoms with Gasteiger partial charge >= 0.3 is 5.69 Å². The van der Waals surface area contributed by atoms with Gasteiger partial charge in [-0.15, -0.1) is 11.3 Å². The summed E-state index contributed by atoms with van der Waals surface area (Å²) < 4.78 is 3.39. The summed E-state index contributed by atoms with van der Waals surface area (Å²) in [5.74, 6) is -0.780. The van der Waals surface area contributed by atoms with Crippen LogP contribution in [0.1, 0.15) is 30.3 Å². The molecule has 0 saturated heterocycles. The van der Waals surface area contributed by atoms with E-state index in [1.807, 2.05) is 31.2 Å². The summed E-state index contributed by atoms with van der Waals surface area (Å²) in [6.07, 6.45) is 2.63. The molecule has 2 amide bonds. The summed E-state index contributed by atoms with van der Waals surface area (Å²) in [4.78, 5) is 43.7. The van der Waals surface area contributed by atoms with Gasteiger partial charge in [0.1, 0.15) is 5.69 Å². The molecule has 4 N–H and O–H groups in total. The van der Waals surface area contributed by atoms with Crippen molar-refractivity contribution < 1.29 is 9.59 Å². The maximum atomic E-state index is 12.8. The average molecular weight is 439 g/mol. The highest BCUT2D eigenvalue weighted by Gasteiger charge is 2.15. The largest absolute Gasteiger partial charge is 0.364 e. The fraction of sp³-hybridized carbons (Fsp3) is 0.238. The number of rotatable bonds is 8. The van der Waals surface area contributed by atoms with Crippen LogP contribution >= 0.6 is 11.3 Å². The Morgan fingerprint density at radius 2 is 1.90 bits per heavy atom. The molecule has 9 nitrogen and oxygen atoms in total. The molecule has 3 heterocycles. The van der Waals surface area contributed by atoms with E-state index in [-0.39, 0.29) is 24.6 Å². The van der Waals surface area contributed by atoms with Crippen molar-refractivity contribution in [1.82, 2.24) is 19.1 Å². The van der Waals surface area contributed by atoms with E-state index in [9.17, 15) is 14.4 Å². The fourth-order valence-corrected chi connectivity index (χ4v) is 4.21. The summed E-state index contributed by atoms with van der Waals surface area (Å²) in [7, 11) is 0. The molecule has 0 unspecified atom stereocenters. The molecule has 0 atom stereocenters. The predicted molar refractivity (Wildman–Crippen MR) is 120 cm³/mol. The van der Waals surface area contributed by atoms with Gasteiger partial charge in [-0.2, -0.15) is 0 Å². The van der Waals surface area contributed by atoms with Gasteiger partial charge in [-0.3, -0.25) is 18.7 Å². The molecule has 3 aromatic heterocycles. The van der Waals surface area contributed by atoms with Crippen molar-refractivity contribution in [3.8, 4) is 11.3 Å². The molecule has 0 spiro atoms. The second-order valence-corrected chi connectivity index (χ2v) is 7.94. The van der Waals surface area contributed by atoms with Crippen LogP contribution in [0.2, 0.25) is 0 Å². The number of nitrogens with zero attached hydrogens (tertiary/aromatic N) is 3. The van der Waals surface area contributed by atoms with Gasteiger partial charge < -0.3 is 16.0 Å². The fourth-order valence-electron chi connectivity index (χ4n) is 3.47. The van der Waals surface area contributed by atoms with Crippen LogP contribution in [-0.2, 0) is 17.9 Å². The maximum absolute atomic E-state index is 12.8. The van der Waals surface area contributed by atoms with Gasteiger partial charge in [-0.05, 0) is 24.6 Å². The molecular formula is C21H22N6O3S. The van der Waals surface area contributed by atoms with Gasteiger partial charge in [0.15, 0.2) is 5.13 Å². The molecule has 4 rings (SSSR count). The summed E-state index contributed by atoms with van der Waals surface area (Å²) >= 11 is 1.28. The third kappa shape index (κ3) is 4.15. The molecule has 10 heteroatoms. The van der Waals surface area contributed by atoms with E-state index in [4.69, 9.17) is 5.73 Å². The number of benzene rings is 1. The van der Waals surface area contributed by atoms with Gasteiger partial charge in [-0.1, -0.05) is 19.1 Å². The molecule has 0 radical (unpaired) electrons. The minimum Gasteiger partial charge on any atom is -0.364 e. The summed E-state index contributed by atoms with van der Waals surface area (Å²) in [6, 6.07) is 9.22. The Balaban J connectivity index is 1.45. The lowest BCUT2D eigenvalue weighted by molar-refractivity contribution is -0.116. The quantitative estimate of drug-likeness (QED) is 0.391. The molecule has 1 aromatic carbocycles. The van der Waals surface area contributed by atoms with Gasteiger partial charge in [0.25, 0.3) is 5.91 Å². The summed E-state index contributed by atoms with van der Waals surface area (Å²) in [5.41, 5.74) is 8.47. The molecule has 0 aliphatic rings. The predicted octanol–water partition coefficient (Wildman–Crippen LogP) is 2.79. The number of fused-ring (bicyclic) bond motifs is 1. The number of hydrogen-bond acceptors (Lipinski definition) is 5. The van der Waals surface area contributed by atoms with Crippen molar-refractivity contribution in [2.75, 3.05) is 5.32 Å². The van der Waals surface area contributed by atoms with Crippen LogP contribution in [0.4, 0.5) is 5.13 Å². The zero-order chi connectivity index (χ0) is 22.0. The minimum atomic E-state index is -0.550. The molecule has 0 aliphatic carbocycles. The van der Waals surface area contributed by atoms with Gasteiger partial charge in [0.05, 0.1) is 16.7 Å².